The molecule has 2 aromatic rings. The lowest BCUT2D eigenvalue weighted by molar-refractivity contribution is 0.0957. The van der Waals surface area contributed by atoms with Gasteiger partial charge in [0.15, 0.2) is 0 Å². The summed E-state index contributed by atoms with van der Waals surface area (Å²) in [5.74, 6) is 5.77. The Hall–Kier alpha value is -1.08. The molecule has 1 amide bonds. The van der Waals surface area contributed by atoms with E-state index < -0.39 is 0 Å². The monoisotopic (exact) mass is 310 g/mol. The highest BCUT2D eigenvalue weighted by Crippen LogP contribution is 2.34. The van der Waals surface area contributed by atoms with Gasteiger partial charge in [-0.25, -0.2) is 5.84 Å². The van der Waals surface area contributed by atoms with E-state index in [0.29, 0.717) is 10.1 Å². The minimum Gasteiger partial charge on any atom is -0.396 e. The van der Waals surface area contributed by atoms with Gasteiger partial charge < -0.3 is 5.11 Å². The number of fused-ring (bicyclic) bond motifs is 1. The summed E-state index contributed by atoms with van der Waals surface area (Å²) in [4.78, 5) is 12.6. The summed E-state index contributed by atoms with van der Waals surface area (Å²) >= 11 is 3.21. The predicted octanol–water partition coefficient (Wildman–Crippen LogP) is 2.51. The molecule has 0 radical (unpaired) electrons. The van der Waals surface area contributed by atoms with Crippen LogP contribution in [0.15, 0.2) is 24.3 Å². The number of benzene rings is 1. The third-order valence-electron chi connectivity index (χ3n) is 3.08. The van der Waals surface area contributed by atoms with Crippen LogP contribution in [0.1, 0.15) is 28.6 Å². The van der Waals surface area contributed by atoms with Gasteiger partial charge in [0, 0.05) is 22.3 Å². The van der Waals surface area contributed by atoms with Gasteiger partial charge in [0.2, 0.25) is 0 Å². The second-order valence-corrected chi connectivity index (χ2v) is 6.99. The van der Waals surface area contributed by atoms with Crippen LogP contribution in [0.25, 0.3) is 10.1 Å². The van der Waals surface area contributed by atoms with Gasteiger partial charge in [-0.3, -0.25) is 10.2 Å². The van der Waals surface area contributed by atoms with Crippen molar-refractivity contribution in [2.75, 3.05) is 6.61 Å². The molecule has 0 saturated heterocycles. The van der Waals surface area contributed by atoms with Crippen molar-refractivity contribution in [3.05, 3.63) is 34.7 Å². The van der Waals surface area contributed by atoms with Gasteiger partial charge in [0.1, 0.15) is 0 Å². The summed E-state index contributed by atoms with van der Waals surface area (Å²) in [6, 6.07) is 7.99. The van der Waals surface area contributed by atoms with Crippen molar-refractivity contribution < 1.29 is 9.90 Å². The molecule has 1 heterocycles. The Morgan fingerprint density at radius 2 is 2.25 bits per heavy atom. The molecule has 1 unspecified atom stereocenters. The maximum Gasteiger partial charge on any atom is 0.275 e. The van der Waals surface area contributed by atoms with E-state index in [1.54, 1.807) is 11.8 Å². The number of thioether (sulfide) groups is 1. The van der Waals surface area contributed by atoms with Gasteiger partial charge in [-0.05, 0) is 23.4 Å². The van der Waals surface area contributed by atoms with E-state index in [0.717, 1.165) is 27.8 Å². The second-order valence-electron chi connectivity index (χ2n) is 4.51. The number of nitrogens with one attached hydrogen (secondary N) is 1. The highest BCUT2D eigenvalue weighted by atomic mass is 32.2. The average Bonchev–Trinajstić information content (AvgIpc) is 2.83. The SMILES string of the molecule is CC(CCO)SCc1c(C(=O)NN)sc2ccccc12. The van der Waals surface area contributed by atoms with Gasteiger partial charge >= 0.3 is 0 Å². The van der Waals surface area contributed by atoms with E-state index in [1.807, 2.05) is 24.3 Å². The zero-order valence-electron chi connectivity index (χ0n) is 11.3. The van der Waals surface area contributed by atoms with Crippen molar-refractivity contribution >= 4 is 39.1 Å². The Morgan fingerprint density at radius 1 is 1.50 bits per heavy atom. The van der Waals surface area contributed by atoms with Crippen LogP contribution in [0.5, 0.6) is 0 Å². The van der Waals surface area contributed by atoms with E-state index >= 15 is 0 Å². The molecule has 0 aliphatic heterocycles. The van der Waals surface area contributed by atoms with Crippen LogP contribution in [-0.4, -0.2) is 22.9 Å². The smallest absolute Gasteiger partial charge is 0.275 e. The lowest BCUT2D eigenvalue weighted by Gasteiger charge is -2.10. The fraction of sp³-hybridized carbons (Fsp3) is 0.357. The maximum atomic E-state index is 11.9. The molecule has 4 nitrogen and oxygen atoms in total. The van der Waals surface area contributed by atoms with E-state index in [2.05, 4.69) is 12.3 Å². The summed E-state index contributed by atoms with van der Waals surface area (Å²) in [6.45, 7) is 2.27. The summed E-state index contributed by atoms with van der Waals surface area (Å²) in [7, 11) is 0. The standard InChI is InChI=1S/C14H18N2O2S2/c1-9(6-7-17)19-8-11-10-4-2-3-5-12(10)20-13(11)14(18)16-15/h2-5,9,17H,6-8,15H2,1H3,(H,16,18). The second kappa shape index (κ2) is 7.08. The first-order valence-corrected chi connectivity index (χ1v) is 8.27. The minimum absolute atomic E-state index is 0.189. The van der Waals surface area contributed by atoms with Crippen LogP contribution in [-0.2, 0) is 5.75 Å². The van der Waals surface area contributed by atoms with Crippen LogP contribution < -0.4 is 11.3 Å². The molecule has 1 aromatic carbocycles. The zero-order chi connectivity index (χ0) is 14.5. The van der Waals surface area contributed by atoms with Crippen molar-refractivity contribution in [3.8, 4) is 0 Å². The van der Waals surface area contributed by atoms with Gasteiger partial charge in [-0.2, -0.15) is 11.8 Å². The highest BCUT2D eigenvalue weighted by molar-refractivity contribution is 7.99. The molecular weight excluding hydrogens is 292 g/mol. The summed E-state index contributed by atoms with van der Waals surface area (Å²) in [5.41, 5.74) is 3.25. The highest BCUT2D eigenvalue weighted by Gasteiger charge is 2.18. The van der Waals surface area contributed by atoms with Crippen molar-refractivity contribution in [1.82, 2.24) is 5.43 Å². The number of nitrogens with two attached hydrogens (primary N) is 1. The molecule has 0 spiro atoms. The van der Waals surface area contributed by atoms with Gasteiger partial charge in [0.25, 0.3) is 5.91 Å². The molecule has 0 aliphatic carbocycles. The fourth-order valence-corrected chi connectivity index (χ4v) is 4.22. The molecule has 1 atom stereocenters. The molecule has 0 bridgehead atoms. The number of rotatable bonds is 6. The lowest BCUT2D eigenvalue weighted by atomic mass is 10.1. The Morgan fingerprint density at radius 3 is 2.95 bits per heavy atom. The van der Waals surface area contributed by atoms with E-state index in [-0.39, 0.29) is 12.5 Å². The molecular formula is C14H18N2O2S2. The molecule has 20 heavy (non-hydrogen) atoms. The molecule has 2 rings (SSSR count). The van der Waals surface area contributed by atoms with Crippen molar-refractivity contribution in [3.63, 3.8) is 0 Å². The summed E-state index contributed by atoms with van der Waals surface area (Å²) in [5, 5.41) is 10.4. The summed E-state index contributed by atoms with van der Waals surface area (Å²) < 4.78 is 1.09. The van der Waals surface area contributed by atoms with E-state index in [1.165, 1.54) is 11.3 Å². The molecule has 0 saturated carbocycles. The van der Waals surface area contributed by atoms with Crippen molar-refractivity contribution in [2.45, 2.75) is 24.3 Å². The number of amides is 1. The van der Waals surface area contributed by atoms with Crippen LogP contribution in [0.2, 0.25) is 0 Å². The van der Waals surface area contributed by atoms with Crippen LogP contribution in [0.3, 0.4) is 0 Å². The van der Waals surface area contributed by atoms with Gasteiger partial charge in [-0.1, -0.05) is 25.1 Å². The number of carbonyl (C=O) groups excluding carboxylic acids is 1. The Kier molecular flexibility index (Phi) is 5.42. The Labute approximate surface area is 126 Å². The van der Waals surface area contributed by atoms with Crippen LogP contribution in [0, 0.1) is 0 Å². The minimum atomic E-state index is -0.239. The number of hydrogen-bond donors (Lipinski definition) is 3. The average molecular weight is 310 g/mol. The normalized spacial score (nSPS) is 12.6. The third kappa shape index (κ3) is 3.32. The molecule has 6 heteroatoms. The van der Waals surface area contributed by atoms with E-state index in [9.17, 15) is 4.79 Å². The number of aliphatic hydroxyl groups excluding tert-OH is 1. The zero-order valence-corrected chi connectivity index (χ0v) is 12.9. The number of aliphatic hydroxyl groups is 1. The molecule has 1 aromatic heterocycles. The van der Waals surface area contributed by atoms with E-state index in [4.69, 9.17) is 10.9 Å². The lowest BCUT2D eigenvalue weighted by Crippen LogP contribution is -2.29. The van der Waals surface area contributed by atoms with Crippen LogP contribution in [0.4, 0.5) is 0 Å². The number of nitrogen functional groups attached to an aromatic ring is 1. The molecule has 4 N–H and O–H groups in total. The first-order valence-electron chi connectivity index (χ1n) is 6.41. The summed E-state index contributed by atoms with van der Waals surface area (Å²) in [6.07, 6.45) is 0.755. The van der Waals surface area contributed by atoms with Crippen molar-refractivity contribution in [1.29, 1.82) is 0 Å². The molecule has 0 aliphatic rings. The Balaban J connectivity index is 2.31. The van der Waals surface area contributed by atoms with Gasteiger partial charge in [0.05, 0.1) is 4.88 Å². The molecule has 108 valence electrons. The topological polar surface area (TPSA) is 75.3 Å². The predicted molar refractivity (Wildman–Crippen MR) is 85.9 cm³/mol. The van der Waals surface area contributed by atoms with Gasteiger partial charge in [-0.15, -0.1) is 11.3 Å². The van der Waals surface area contributed by atoms with Crippen molar-refractivity contribution in [2.24, 2.45) is 5.84 Å². The number of carbonyl (C=O) groups is 1. The van der Waals surface area contributed by atoms with Crippen LogP contribution >= 0.6 is 23.1 Å². The number of hydrogen-bond acceptors (Lipinski definition) is 5. The largest absolute Gasteiger partial charge is 0.396 e. The first kappa shape index (κ1) is 15.3. The third-order valence-corrected chi connectivity index (χ3v) is 5.56. The molecule has 0 fully saturated rings. The fourth-order valence-electron chi connectivity index (χ4n) is 1.98. The number of hydrazine groups is 1. The maximum absolute atomic E-state index is 11.9. The Bertz CT molecular complexity index is 598. The number of thiophene rings is 1. The quantitative estimate of drug-likeness (QED) is 0.435. The first-order chi connectivity index (χ1) is 9.67.